The number of nitrogens with one attached hydrogen (secondary N) is 1. The largest absolute Gasteiger partial charge is 0.497 e. The van der Waals surface area contributed by atoms with Gasteiger partial charge in [0.2, 0.25) is 0 Å². The van der Waals surface area contributed by atoms with Gasteiger partial charge in [-0.1, -0.05) is 6.07 Å². The van der Waals surface area contributed by atoms with Gasteiger partial charge in [-0.2, -0.15) is 0 Å². The topological polar surface area (TPSA) is 90.9 Å². The van der Waals surface area contributed by atoms with E-state index in [0.717, 1.165) is 11.3 Å². The molecule has 7 nitrogen and oxygen atoms in total. The van der Waals surface area contributed by atoms with Crippen LogP contribution in [-0.4, -0.2) is 38.2 Å². The first-order chi connectivity index (χ1) is 12.9. The van der Waals surface area contributed by atoms with Crippen LogP contribution in [0.1, 0.15) is 49.8 Å². The number of thiophene rings is 1. The normalized spacial score (nSPS) is 10.2. The fourth-order valence-electron chi connectivity index (χ4n) is 2.38. The minimum atomic E-state index is -0.609. The van der Waals surface area contributed by atoms with E-state index in [2.05, 4.69) is 5.32 Å². The number of methoxy groups -OCH3 is 1. The Hall–Kier alpha value is -2.87. The number of amides is 1. The molecule has 0 fully saturated rings. The Labute approximate surface area is 161 Å². The first-order valence-electron chi connectivity index (χ1n) is 8.35. The third-order valence-corrected chi connectivity index (χ3v) is 4.83. The van der Waals surface area contributed by atoms with Gasteiger partial charge in [0.25, 0.3) is 5.91 Å². The molecule has 0 aliphatic heterocycles. The van der Waals surface area contributed by atoms with Crippen LogP contribution < -0.4 is 10.1 Å². The van der Waals surface area contributed by atoms with E-state index in [1.54, 1.807) is 45.0 Å². The highest BCUT2D eigenvalue weighted by molar-refractivity contribution is 7.18. The summed E-state index contributed by atoms with van der Waals surface area (Å²) >= 11 is 0.983. The van der Waals surface area contributed by atoms with Crippen molar-refractivity contribution >= 4 is 34.2 Å². The predicted molar refractivity (Wildman–Crippen MR) is 102 cm³/mol. The van der Waals surface area contributed by atoms with Gasteiger partial charge >= 0.3 is 11.9 Å². The molecule has 2 rings (SSSR count). The first-order valence-corrected chi connectivity index (χ1v) is 9.17. The molecule has 1 aromatic heterocycles. The molecule has 0 saturated carbocycles. The summed E-state index contributed by atoms with van der Waals surface area (Å²) in [5, 5.41) is 2.93. The third kappa shape index (κ3) is 4.65. The number of benzene rings is 1. The Balaban J connectivity index is 2.41. The van der Waals surface area contributed by atoms with Gasteiger partial charge in [-0.15, -0.1) is 11.3 Å². The SMILES string of the molecule is CCOC(=O)c1sc(NC(=O)c2cccc(OC)c2)c(C(=O)OCC)c1C. The zero-order valence-electron chi connectivity index (χ0n) is 15.6. The molecule has 1 N–H and O–H groups in total. The zero-order valence-corrected chi connectivity index (χ0v) is 16.4. The van der Waals surface area contributed by atoms with Crippen molar-refractivity contribution in [2.45, 2.75) is 20.8 Å². The summed E-state index contributed by atoms with van der Waals surface area (Å²) in [6, 6.07) is 6.60. The van der Waals surface area contributed by atoms with E-state index in [1.165, 1.54) is 7.11 Å². The van der Waals surface area contributed by atoms with E-state index in [-0.39, 0.29) is 28.7 Å². The van der Waals surface area contributed by atoms with Crippen molar-refractivity contribution in [2.75, 3.05) is 25.6 Å². The Kier molecular flexibility index (Phi) is 6.95. The summed E-state index contributed by atoms with van der Waals surface area (Å²) in [5.41, 5.74) is 0.923. The van der Waals surface area contributed by atoms with Crippen LogP contribution in [0.25, 0.3) is 0 Å². The van der Waals surface area contributed by atoms with Crippen LogP contribution in [0, 0.1) is 6.92 Å². The van der Waals surface area contributed by atoms with Gasteiger partial charge in [0.1, 0.15) is 15.6 Å². The molecule has 2 aromatic rings. The van der Waals surface area contributed by atoms with Crippen molar-refractivity contribution in [2.24, 2.45) is 0 Å². The average Bonchev–Trinajstić information content (AvgIpc) is 2.98. The highest BCUT2D eigenvalue weighted by Gasteiger charge is 2.27. The molecule has 1 aromatic carbocycles. The fraction of sp³-hybridized carbons (Fsp3) is 0.316. The Morgan fingerprint density at radius 1 is 1.07 bits per heavy atom. The van der Waals surface area contributed by atoms with Gasteiger partial charge in [-0.05, 0) is 44.5 Å². The molecule has 27 heavy (non-hydrogen) atoms. The first kappa shape index (κ1) is 20.4. The smallest absolute Gasteiger partial charge is 0.348 e. The van der Waals surface area contributed by atoms with Crippen molar-refractivity contribution < 1.29 is 28.6 Å². The van der Waals surface area contributed by atoms with Crippen molar-refractivity contribution in [1.82, 2.24) is 0 Å². The van der Waals surface area contributed by atoms with Crippen LogP contribution in [0.15, 0.2) is 24.3 Å². The molecule has 0 saturated heterocycles. The molecule has 0 unspecified atom stereocenters. The lowest BCUT2D eigenvalue weighted by Gasteiger charge is -2.08. The van der Waals surface area contributed by atoms with Crippen molar-refractivity contribution in [3.8, 4) is 5.75 Å². The van der Waals surface area contributed by atoms with E-state index < -0.39 is 17.8 Å². The second kappa shape index (κ2) is 9.18. The molecule has 0 bridgehead atoms. The second-order valence-electron chi connectivity index (χ2n) is 5.39. The number of carbonyl (C=O) groups is 3. The molecule has 0 radical (unpaired) electrons. The van der Waals surface area contributed by atoms with Crippen molar-refractivity contribution in [3.63, 3.8) is 0 Å². The minimum absolute atomic E-state index is 0.154. The molecule has 0 spiro atoms. The van der Waals surface area contributed by atoms with E-state index in [0.29, 0.717) is 16.9 Å². The molecule has 8 heteroatoms. The summed E-state index contributed by atoms with van der Waals surface area (Å²) in [5.74, 6) is -1.06. The number of esters is 2. The third-order valence-electron chi connectivity index (χ3n) is 3.65. The molecule has 1 amide bonds. The van der Waals surface area contributed by atoms with E-state index in [4.69, 9.17) is 14.2 Å². The summed E-state index contributed by atoms with van der Waals surface area (Å²) in [7, 11) is 1.50. The monoisotopic (exact) mass is 391 g/mol. The lowest BCUT2D eigenvalue weighted by Crippen LogP contribution is -2.15. The van der Waals surface area contributed by atoms with Crippen LogP contribution in [0.5, 0.6) is 5.75 Å². The number of hydrogen-bond acceptors (Lipinski definition) is 7. The summed E-state index contributed by atoms with van der Waals surface area (Å²) in [4.78, 5) is 37.4. The molecular formula is C19H21NO6S. The van der Waals surface area contributed by atoms with Gasteiger partial charge in [-0.3, -0.25) is 4.79 Å². The Morgan fingerprint density at radius 3 is 2.37 bits per heavy atom. The number of ether oxygens (including phenoxy) is 3. The highest BCUT2D eigenvalue weighted by atomic mass is 32.1. The lowest BCUT2D eigenvalue weighted by molar-refractivity contribution is 0.0527. The number of anilines is 1. The summed E-state index contributed by atoms with van der Waals surface area (Å²) in [6.07, 6.45) is 0. The molecule has 1 heterocycles. The molecule has 144 valence electrons. The van der Waals surface area contributed by atoms with E-state index >= 15 is 0 Å². The van der Waals surface area contributed by atoms with Gasteiger partial charge in [0, 0.05) is 5.56 Å². The van der Waals surface area contributed by atoms with Gasteiger partial charge in [0.05, 0.1) is 25.9 Å². The maximum absolute atomic E-state index is 12.6. The fourth-order valence-corrected chi connectivity index (χ4v) is 3.47. The molecule has 0 aliphatic carbocycles. The average molecular weight is 391 g/mol. The summed E-state index contributed by atoms with van der Waals surface area (Å²) in [6.45, 7) is 5.37. The predicted octanol–water partition coefficient (Wildman–Crippen LogP) is 3.67. The lowest BCUT2D eigenvalue weighted by atomic mass is 10.1. The number of hydrogen-bond donors (Lipinski definition) is 1. The maximum Gasteiger partial charge on any atom is 0.348 e. The van der Waals surface area contributed by atoms with Gasteiger partial charge in [-0.25, -0.2) is 9.59 Å². The Morgan fingerprint density at radius 2 is 1.74 bits per heavy atom. The number of rotatable bonds is 7. The van der Waals surface area contributed by atoms with Gasteiger partial charge in [0.15, 0.2) is 0 Å². The van der Waals surface area contributed by atoms with Crippen LogP contribution in [0.3, 0.4) is 0 Å². The standard InChI is InChI=1S/C19H21NO6S/c1-5-25-18(22)14-11(3)15(19(23)26-6-2)27-17(14)20-16(21)12-8-7-9-13(10-12)24-4/h7-10H,5-6H2,1-4H3,(H,20,21). The summed E-state index contributed by atoms with van der Waals surface area (Å²) < 4.78 is 15.2. The van der Waals surface area contributed by atoms with Crippen LogP contribution in [-0.2, 0) is 9.47 Å². The van der Waals surface area contributed by atoms with Crippen LogP contribution in [0.2, 0.25) is 0 Å². The molecule has 0 aliphatic rings. The van der Waals surface area contributed by atoms with E-state index in [1.807, 2.05) is 0 Å². The van der Waals surface area contributed by atoms with Crippen molar-refractivity contribution in [1.29, 1.82) is 0 Å². The molecule has 0 atom stereocenters. The Bertz CT molecular complexity index is 858. The zero-order chi connectivity index (χ0) is 20.0. The highest BCUT2D eigenvalue weighted by Crippen LogP contribution is 2.34. The maximum atomic E-state index is 12.6. The number of carbonyl (C=O) groups excluding carboxylic acids is 3. The molecular weight excluding hydrogens is 370 g/mol. The van der Waals surface area contributed by atoms with Crippen LogP contribution >= 0.6 is 11.3 Å². The minimum Gasteiger partial charge on any atom is -0.497 e. The quantitative estimate of drug-likeness (QED) is 0.724. The van der Waals surface area contributed by atoms with Crippen molar-refractivity contribution in [3.05, 3.63) is 45.8 Å². The second-order valence-corrected chi connectivity index (χ2v) is 6.41. The van der Waals surface area contributed by atoms with Crippen LogP contribution in [0.4, 0.5) is 5.00 Å². The van der Waals surface area contributed by atoms with E-state index in [9.17, 15) is 14.4 Å². The van der Waals surface area contributed by atoms with Gasteiger partial charge < -0.3 is 19.5 Å².